The van der Waals surface area contributed by atoms with Gasteiger partial charge in [0.05, 0.1) is 37.7 Å². The van der Waals surface area contributed by atoms with Gasteiger partial charge in [-0.2, -0.15) is 0 Å². The first-order valence-electron chi connectivity index (χ1n) is 9.34. The lowest BCUT2D eigenvalue weighted by molar-refractivity contribution is -0.151. The molecular formula is C22H20O8. The summed E-state index contributed by atoms with van der Waals surface area (Å²) in [4.78, 5) is 25.6. The molecule has 30 heavy (non-hydrogen) atoms. The van der Waals surface area contributed by atoms with Crippen molar-refractivity contribution in [3.05, 3.63) is 57.9 Å². The van der Waals surface area contributed by atoms with Crippen LogP contribution in [0.2, 0.25) is 0 Å². The molecule has 2 atom stereocenters. The predicted octanol–water partition coefficient (Wildman–Crippen LogP) is 2.97. The van der Waals surface area contributed by atoms with Gasteiger partial charge < -0.3 is 28.5 Å². The lowest BCUT2D eigenvalue weighted by Gasteiger charge is -2.19. The SMILES string of the molecule is CCOC(=O)[C@@H]1Oc2c(c(=O)oc3ccccc23)[C@@H]1c1cc(OC)c(O)c(OC)c1. The molecule has 156 valence electrons. The third kappa shape index (κ3) is 3.01. The minimum atomic E-state index is -1.12. The summed E-state index contributed by atoms with van der Waals surface area (Å²) in [6.07, 6.45) is -1.12. The Labute approximate surface area is 171 Å². The van der Waals surface area contributed by atoms with Crippen LogP contribution in [-0.2, 0) is 9.53 Å². The summed E-state index contributed by atoms with van der Waals surface area (Å²) in [5.41, 5.74) is 0.402. The van der Waals surface area contributed by atoms with E-state index in [1.54, 1.807) is 31.2 Å². The van der Waals surface area contributed by atoms with Crippen molar-refractivity contribution in [2.45, 2.75) is 18.9 Å². The van der Waals surface area contributed by atoms with Crippen molar-refractivity contribution in [1.82, 2.24) is 0 Å². The van der Waals surface area contributed by atoms with Crippen molar-refractivity contribution in [1.29, 1.82) is 0 Å². The summed E-state index contributed by atoms with van der Waals surface area (Å²) in [5.74, 6) is -1.12. The van der Waals surface area contributed by atoms with Crippen molar-refractivity contribution in [3.8, 4) is 23.0 Å². The third-order valence-corrected chi connectivity index (χ3v) is 5.04. The molecule has 2 aromatic carbocycles. The Morgan fingerprint density at radius 2 is 1.80 bits per heavy atom. The highest BCUT2D eigenvalue weighted by Crippen LogP contribution is 2.48. The van der Waals surface area contributed by atoms with E-state index in [1.165, 1.54) is 26.4 Å². The molecule has 3 aromatic rings. The summed E-state index contributed by atoms with van der Waals surface area (Å²) >= 11 is 0. The second-order valence-electron chi connectivity index (χ2n) is 6.67. The van der Waals surface area contributed by atoms with Gasteiger partial charge in [0.1, 0.15) is 11.3 Å². The molecule has 0 bridgehead atoms. The van der Waals surface area contributed by atoms with Gasteiger partial charge in [-0.25, -0.2) is 9.59 Å². The first-order chi connectivity index (χ1) is 14.5. The number of phenolic OH excluding ortho intramolecular Hbond substituents is 1. The van der Waals surface area contributed by atoms with Gasteiger partial charge in [0.25, 0.3) is 0 Å². The molecule has 1 aliphatic rings. The summed E-state index contributed by atoms with van der Waals surface area (Å²) in [6.45, 7) is 1.84. The second-order valence-corrected chi connectivity index (χ2v) is 6.67. The number of carbonyl (C=O) groups is 1. The van der Waals surface area contributed by atoms with Crippen LogP contribution in [0, 0.1) is 0 Å². The number of para-hydroxylation sites is 1. The van der Waals surface area contributed by atoms with Gasteiger partial charge in [-0.05, 0) is 36.8 Å². The molecule has 1 aromatic heterocycles. The van der Waals surface area contributed by atoms with E-state index in [9.17, 15) is 14.7 Å². The van der Waals surface area contributed by atoms with E-state index < -0.39 is 23.6 Å². The number of hydrogen-bond donors (Lipinski definition) is 1. The largest absolute Gasteiger partial charge is 0.502 e. The Morgan fingerprint density at radius 3 is 2.43 bits per heavy atom. The lowest BCUT2D eigenvalue weighted by Crippen LogP contribution is -2.32. The molecule has 8 heteroatoms. The van der Waals surface area contributed by atoms with Crippen LogP contribution in [0.15, 0.2) is 45.6 Å². The Bertz CT molecular complexity index is 1150. The highest BCUT2D eigenvalue weighted by atomic mass is 16.6. The molecule has 1 aliphatic heterocycles. The van der Waals surface area contributed by atoms with E-state index in [2.05, 4.69) is 0 Å². The lowest BCUT2D eigenvalue weighted by atomic mass is 9.88. The van der Waals surface area contributed by atoms with Crippen LogP contribution < -0.4 is 19.8 Å². The average molecular weight is 412 g/mol. The summed E-state index contributed by atoms with van der Waals surface area (Å²) < 4.78 is 27.1. The van der Waals surface area contributed by atoms with Gasteiger partial charge in [0, 0.05) is 0 Å². The van der Waals surface area contributed by atoms with Crippen LogP contribution in [0.4, 0.5) is 0 Å². The maximum atomic E-state index is 12.9. The minimum absolute atomic E-state index is 0.130. The molecule has 0 radical (unpaired) electrons. The smallest absolute Gasteiger partial charge is 0.348 e. The standard InChI is InChI=1S/C22H20O8/c1-4-28-22(25)20-16(11-9-14(26-2)18(23)15(10-11)27-3)17-19(30-20)12-7-5-6-8-13(12)29-21(17)24/h5-10,16,20,23H,4H2,1-3H3/t16-,20+/m0/s1. The number of esters is 1. The molecule has 4 rings (SSSR count). The molecule has 0 spiro atoms. The van der Waals surface area contributed by atoms with Gasteiger partial charge in [-0.15, -0.1) is 0 Å². The number of hydrogen-bond acceptors (Lipinski definition) is 8. The fraction of sp³-hybridized carbons (Fsp3) is 0.273. The molecule has 0 fully saturated rings. The van der Waals surface area contributed by atoms with Crippen LogP contribution in [0.25, 0.3) is 11.0 Å². The molecule has 0 saturated heterocycles. The van der Waals surface area contributed by atoms with E-state index in [-0.39, 0.29) is 35.2 Å². The van der Waals surface area contributed by atoms with Crippen molar-refractivity contribution in [3.63, 3.8) is 0 Å². The van der Waals surface area contributed by atoms with Gasteiger partial charge in [0.15, 0.2) is 11.5 Å². The monoisotopic (exact) mass is 412 g/mol. The van der Waals surface area contributed by atoms with Gasteiger partial charge >= 0.3 is 11.6 Å². The zero-order chi connectivity index (χ0) is 21.4. The van der Waals surface area contributed by atoms with E-state index >= 15 is 0 Å². The first-order valence-corrected chi connectivity index (χ1v) is 9.34. The van der Waals surface area contributed by atoms with Crippen LogP contribution in [0.1, 0.15) is 24.0 Å². The Hall–Kier alpha value is -3.68. The number of rotatable bonds is 5. The summed E-state index contributed by atoms with van der Waals surface area (Å²) in [5, 5.41) is 10.8. The van der Waals surface area contributed by atoms with Crippen LogP contribution in [0.3, 0.4) is 0 Å². The average Bonchev–Trinajstić information content (AvgIpc) is 3.16. The highest BCUT2D eigenvalue weighted by Gasteiger charge is 2.45. The zero-order valence-electron chi connectivity index (χ0n) is 16.6. The van der Waals surface area contributed by atoms with Crippen molar-refractivity contribution in [2.75, 3.05) is 20.8 Å². The van der Waals surface area contributed by atoms with E-state index in [1.807, 2.05) is 0 Å². The zero-order valence-corrected chi connectivity index (χ0v) is 16.6. The molecule has 0 unspecified atom stereocenters. The Balaban J connectivity index is 1.98. The van der Waals surface area contributed by atoms with Crippen molar-refractivity contribution >= 4 is 16.9 Å². The molecular weight excluding hydrogens is 392 g/mol. The minimum Gasteiger partial charge on any atom is -0.502 e. The van der Waals surface area contributed by atoms with Gasteiger partial charge in [-0.1, -0.05) is 12.1 Å². The van der Waals surface area contributed by atoms with E-state index in [4.69, 9.17) is 23.4 Å². The normalized spacial score (nSPS) is 17.3. The second kappa shape index (κ2) is 7.62. The van der Waals surface area contributed by atoms with Crippen LogP contribution in [0.5, 0.6) is 23.0 Å². The number of ether oxygens (including phenoxy) is 4. The number of methoxy groups -OCH3 is 2. The fourth-order valence-corrected chi connectivity index (χ4v) is 3.72. The van der Waals surface area contributed by atoms with E-state index in [0.29, 0.717) is 16.5 Å². The number of phenols is 1. The molecule has 0 aliphatic carbocycles. The van der Waals surface area contributed by atoms with Crippen molar-refractivity contribution in [2.24, 2.45) is 0 Å². The molecule has 0 saturated carbocycles. The fourth-order valence-electron chi connectivity index (χ4n) is 3.72. The topological polar surface area (TPSA) is 104 Å². The van der Waals surface area contributed by atoms with Gasteiger partial charge in [0.2, 0.25) is 11.9 Å². The highest BCUT2D eigenvalue weighted by molar-refractivity contribution is 5.88. The third-order valence-electron chi connectivity index (χ3n) is 5.04. The molecule has 2 heterocycles. The quantitative estimate of drug-likeness (QED) is 0.504. The number of benzene rings is 2. The predicted molar refractivity (Wildman–Crippen MR) is 107 cm³/mol. The van der Waals surface area contributed by atoms with Gasteiger partial charge in [-0.3, -0.25) is 0 Å². The number of fused-ring (bicyclic) bond motifs is 3. The maximum Gasteiger partial charge on any atom is 0.348 e. The van der Waals surface area contributed by atoms with Crippen LogP contribution >= 0.6 is 0 Å². The maximum absolute atomic E-state index is 12.9. The molecule has 1 N–H and O–H groups in total. The number of aromatic hydroxyl groups is 1. The van der Waals surface area contributed by atoms with Crippen molar-refractivity contribution < 1.29 is 33.3 Å². The van der Waals surface area contributed by atoms with Crippen LogP contribution in [-0.4, -0.2) is 38.0 Å². The Kier molecular flexibility index (Phi) is 4.99. The summed E-state index contributed by atoms with van der Waals surface area (Å²) in [6, 6.07) is 9.98. The Morgan fingerprint density at radius 1 is 1.13 bits per heavy atom. The summed E-state index contributed by atoms with van der Waals surface area (Å²) in [7, 11) is 2.78. The van der Waals surface area contributed by atoms with E-state index in [0.717, 1.165) is 0 Å². The number of carbonyl (C=O) groups excluding carboxylic acids is 1. The molecule has 0 amide bonds. The first kappa shape index (κ1) is 19.6. The molecule has 8 nitrogen and oxygen atoms in total.